The third-order valence-electron chi connectivity index (χ3n) is 5.08. The number of carboxylic acids is 1. The van der Waals surface area contributed by atoms with E-state index in [-0.39, 0.29) is 18.2 Å². The van der Waals surface area contributed by atoms with Crippen LogP contribution in [0.15, 0.2) is 29.2 Å². The van der Waals surface area contributed by atoms with Crippen molar-refractivity contribution in [3.63, 3.8) is 0 Å². The van der Waals surface area contributed by atoms with Gasteiger partial charge in [-0.15, -0.1) is 0 Å². The van der Waals surface area contributed by atoms with Crippen molar-refractivity contribution >= 4 is 23.3 Å². The Hall–Kier alpha value is -3.90. The van der Waals surface area contributed by atoms with Crippen molar-refractivity contribution < 1.29 is 41.8 Å². The lowest BCUT2D eigenvalue weighted by Gasteiger charge is -2.22. The molecule has 0 fully saturated rings. The molecule has 0 saturated carbocycles. The Morgan fingerprint density at radius 3 is 2.31 bits per heavy atom. The highest BCUT2D eigenvalue weighted by Gasteiger charge is 2.29. The minimum atomic E-state index is -1.89. The van der Waals surface area contributed by atoms with E-state index in [1.165, 1.54) is 18.3 Å². The van der Waals surface area contributed by atoms with Crippen molar-refractivity contribution in [1.82, 2.24) is 9.88 Å². The molecule has 0 radical (unpaired) electrons. The quantitative estimate of drug-likeness (QED) is 0.277. The maximum atomic E-state index is 13.8. The van der Waals surface area contributed by atoms with E-state index >= 15 is 0 Å². The van der Waals surface area contributed by atoms with Crippen LogP contribution in [0.3, 0.4) is 0 Å². The number of benzene rings is 1. The van der Waals surface area contributed by atoms with Crippen LogP contribution in [0.1, 0.15) is 39.2 Å². The number of nitrogens with one attached hydrogen (secondary N) is 2. The third kappa shape index (κ3) is 6.83. The topological polar surface area (TPSA) is 127 Å². The summed E-state index contributed by atoms with van der Waals surface area (Å²) in [5.74, 6) is -12.3. The number of amides is 1. The predicted octanol–water partition coefficient (Wildman–Crippen LogP) is 2.79. The maximum Gasteiger partial charge on any atom is 0.305 e. The molecule has 2 aromatic rings. The van der Waals surface area contributed by atoms with Gasteiger partial charge in [-0.05, 0) is 25.0 Å². The average molecular weight is 515 g/mol. The van der Waals surface area contributed by atoms with Crippen LogP contribution in [-0.2, 0) is 14.4 Å². The van der Waals surface area contributed by atoms with Crippen LogP contribution in [0.25, 0.3) is 0 Å². The maximum absolute atomic E-state index is 13.8. The lowest BCUT2D eigenvalue weighted by atomic mass is 10.1. The Bertz CT molecular complexity index is 1160. The van der Waals surface area contributed by atoms with Crippen LogP contribution in [0, 0.1) is 23.3 Å². The van der Waals surface area contributed by atoms with Gasteiger partial charge in [0.15, 0.2) is 23.2 Å². The molecule has 9 nitrogen and oxygen atoms in total. The summed E-state index contributed by atoms with van der Waals surface area (Å²) in [6, 6.07) is 0.154. The van der Waals surface area contributed by atoms with Crippen LogP contribution < -0.4 is 20.9 Å². The molecule has 0 spiro atoms. The van der Waals surface area contributed by atoms with E-state index in [4.69, 9.17) is 5.11 Å². The van der Waals surface area contributed by atoms with Gasteiger partial charge in [-0.3, -0.25) is 19.2 Å². The zero-order chi connectivity index (χ0) is 27.0. The Balaban J connectivity index is 2.23. The molecule has 1 aromatic carbocycles. The highest BCUT2D eigenvalue weighted by atomic mass is 19.2. The summed E-state index contributed by atoms with van der Waals surface area (Å²) in [6.07, 6.45) is 1.25. The number of carboxylic acid groups (broad SMARTS) is 1. The molecule has 1 aromatic heterocycles. The Morgan fingerprint density at radius 2 is 1.75 bits per heavy atom. The average Bonchev–Trinajstić information content (AvgIpc) is 2.82. The number of hydrogen-bond donors (Lipinski definition) is 3. The van der Waals surface area contributed by atoms with Crippen LogP contribution in [0.4, 0.5) is 23.2 Å². The second-order valence-electron chi connectivity index (χ2n) is 7.70. The molecule has 3 N–H and O–H groups in total. The number of aliphatic carboxylic acids is 1. The fourth-order valence-corrected chi connectivity index (χ4v) is 3.27. The number of nitrogens with zero attached hydrogens (tertiary/aromatic N) is 1. The third-order valence-corrected chi connectivity index (χ3v) is 5.08. The van der Waals surface area contributed by atoms with Crippen LogP contribution in [0.2, 0.25) is 0 Å². The van der Waals surface area contributed by atoms with E-state index < -0.39 is 77.3 Å². The lowest BCUT2D eigenvalue weighted by Crippen LogP contribution is -2.48. The summed E-state index contributed by atoms with van der Waals surface area (Å²) in [4.78, 5) is 49.5. The second-order valence-corrected chi connectivity index (χ2v) is 7.70. The SMILES string of the molecule is CCCNc1cccn(C(CC)C(=O)N[C@@H](CC(=O)O)C(=O)COc2c(F)c(F)cc(F)c2F)c1=O. The van der Waals surface area contributed by atoms with Crippen LogP contribution in [0.5, 0.6) is 5.75 Å². The molecule has 0 bridgehead atoms. The molecule has 13 heteroatoms. The molecule has 1 amide bonds. The number of anilines is 1. The van der Waals surface area contributed by atoms with Gasteiger partial charge >= 0.3 is 5.97 Å². The van der Waals surface area contributed by atoms with Crippen molar-refractivity contribution in [3.8, 4) is 5.75 Å². The number of carbonyl (C=O) groups is 3. The molecule has 1 unspecified atom stereocenters. The first-order valence-electron chi connectivity index (χ1n) is 11.0. The summed E-state index contributed by atoms with van der Waals surface area (Å²) < 4.78 is 60.0. The van der Waals surface area contributed by atoms with Gasteiger partial charge in [0.25, 0.3) is 5.56 Å². The normalized spacial score (nSPS) is 12.5. The fourth-order valence-electron chi connectivity index (χ4n) is 3.27. The summed E-state index contributed by atoms with van der Waals surface area (Å²) in [7, 11) is 0. The van der Waals surface area contributed by atoms with Crippen molar-refractivity contribution in [1.29, 1.82) is 0 Å². The summed E-state index contributed by atoms with van der Waals surface area (Å²) in [6.45, 7) is 2.79. The van der Waals surface area contributed by atoms with Crippen molar-refractivity contribution in [2.75, 3.05) is 18.5 Å². The van der Waals surface area contributed by atoms with Gasteiger partial charge < -0.3 is 25.0 Å². The van der Waals surface area contributed by atoms with Gasteiger partial charge in [0, 0.05) is 18.8 Å². The van der Waals surface area contributed by atoms with Crippen LogP contribution >= 0.6 is 0 Å². The highest BCUT2D eigenvalue weighted by Crippen LogP contribution is 2.26. The molecule has 36 heavy (non-hydrogen) atoms. The summed E-state index contributed by atoms with van der Waals surface area (Å²) >= 11 is 0. The minimum Gasteiger partial charge on any atom is -0.481 e. The molecule has 0 aliphatic carbocycles. The number of ketones is 1. The number of halogens is 4. The first-order valence-corrected chi connectivity index (χ1v) is 11.0. The Labute approximate surface area is 203 Å². The van der Waals surface area contributed by atoms with E-state index in [0.29, 0.717) is 6.54 Å². The Kier molecular flexibility index (Phi) is 10.00. The number of pyridine rings is 1. The summed E-state index contributed by atoms with van der Waals surface area (Å²) in [5, 5.41) is 14.3. The van der Waals surface area contributed by atoms with Crippen molar-refractivity contribution in [2.45, 2.75) is 45.2 Å². The number of aromatic nitrogens is 1. The van der Waals surface area contributed by atoms with E-state index in [2.05, 4.69) is 15.4 Å². The van der Waals surface area contributed by atoms with Gasteiger partial charge in [0.05, 0.1) is 6.42 Å². The zero-order valence-corrected chi connectivity index (χ0v) is 19.4. The molecule has 0 aliphatic rings. The van der Waals surface area contributed by atoms with Gasteiger partial charge in [0.1, 0.15) is 24.4 Å². The second kappa shape index (κ2) is 12.7. The number of Topliss-reactive ketones (excluding diaryl/α,β-unsaturated/α-hetero) is 1. The van der Waals surface area contributed by atoms with Gasteiger partial charge in [-0.25, -0.2) is 8.78 Å². The first-order chi connectivity index (χ1) is 17.0. The van der Waals surface area contributed by atoms with Crippen LogP contribution in [-0.4, -0.2) is 46.5 Å². The molecule has 1 heterocycles. The summed E-state index contributed by atoms with van der Waals surface area (Å²) in [5.41, 5.74) is -0.278. The monoisotopic (exact) mass is 515 g/mol. The van der Waals surface area contributed by atoms with E-state index in [1.54, 1.807) is 6.92 Å². The van der Waals surface area contributed by atoms with Crippen molar-refractivity contribution in [2.24, 2.45) is 0 Å². The van der Waals surface area contributed by atoms with Gasteiger partial charge in [-0.1, -0.05) is 13.8 Å². The van der Waals surface area contributed by atoms with Gasteiger partial charge in [0.2, 0.25) is 17.5 Å². The number of ether oxygens (including phenoxy) is 1. The first kappa shape index (κ1) is 28.3. The highest BCUT2D eigenvalue weighted by molar-refractivity contribution is 5.93. The number of rotatable bonds is 13. The number of carbonyl (C=O) groups excluding carboxylic acids is 2. The molecule has 2 atom stereocenters. The largest absolute Gasteiger partial charge is 0.481 e. The molecule has 2 rings (SSSR count). The predicted molar refractivity (Wildman–Crippen MR) is 120 cm³/mol. The van der Waals surface area contributed by atoms with E-state index in [0.717, 1.165) is 11.0 Å². The fraction of sp³-hybridized carbons (Fsp3) is 0.391. The molecule has 0 saturated heterocycles. The molecule has 0 aliphatic heterocycles. The lowest BCUT2D eigenvalue weighted by molar-refractivity contribution is -0.140. The smallest absolute Gasteiger partial charge is 0.305 e. The van der Waals surface area contributed by atoms with E-state index in [1.807, 2.05) is 6.92 Å². The zero-order valence-electron chi connectivity index (χ0n) is 19.4. The van der Waals surface area contributed by atoms with Gasteiger partial charge in [-0.2, -0.15) is 8.78 Å². The molecular weight excluding hydrogens is 490 g/mol. The van der Waals surface area contributed by atoms with Crippen molar-refractivity contribution in [3.05, 3.63) is 58.0 Å². The Morgan fingerprint density at radius 1 is 1.11 bits per heavy atom. The molecule has 196 valence electrons. The number of hydrogen-bond acceptors (Lipinski definition) is 6. The molecular formula is C23H25F4N3O6. The minimum absolute atomic E-state index is 0.0492. The van der Waals surface area contributed by atoms with E-state index in [9.17, 15) is 36.7 Å². The standard InChI is InChI=1S/C23H25F4N3O6/c1-3-7-28-14-6-5-8-30(23(14)35)16(4-2)22(34)29-15(10-18(32)33)17(31)11-36-21-19(26)12(24)9-13(25)20(21)27/h5-6,8-9,15-16,28H,3-4,7,10-11H2,1-2H3,(H,29,34)(H,32,33)/t15-,16?/m0/s1.